The maximum Gasteiger partial charge on any atom is 0.264 e. The van der Waals surface area contributed by atoms with E-state index in [9.17, 15) is 4.79 Å². The third-order valence-corrected chi connectivity index (χ3v) is 14.0. The lowest BCUT2D eigenvalue weighted by Gasteiger charge is -2.26. The van der Waals surface area contributed by atoms with Crippen LogP contribution in [0.3, 0.4) is 0 Å². The van der Waals surface area contributed by atoms with Crippen LogP contribution in [0.25, 0.3) is 76.1 Å². The quantitative estimate of drug-likeness (QED) is 0.0343. The molecule has 12 rings (SSSR count). The second kappa shape index (κ2) is 17.9. The van der Waals surface area contributed by atoms with Gasteiger partial charge in [-0.15, -0.1) is 0 Å². The van der Waals surface area contributed by atoms with E-state index in [1.807, 2.05) is 43.3 Å². The standard InChI is InChI=1S/C61H48N6O10/c1-28(2)34-24-48(74-44-16-12-30(70-4)20-38(44)62)54-57-51(77-47-19-15-33(73-7)23-41(47)65)27-37-53-36(60-66-42-10-8-9-11-43(42)67(60)61(37)69)26-50(76-46-18-14-32(72-6)22-40(46)64)56(59(53)57)55-49(25-35(29(3)68)52(34)58(54)55)75-45-17-13-31(71-5)21-39(45)63/h8-27H,1,62-65H2,2-7H3. The summed E-state index contributed by atoms with van der Waals surface area (Å²) in [5.74, 6) is 3.61. The first kappa shape index (κ1) is 47.6. The number of aromatic nitrogens is 2. The van der Waals surface area contributed by atoms with Gasteiger partial charge in [0, 0.05) is 78.3 Å². The third-order valence-electron chi connectivity index (χ3n) is 14.0. The first-order valence-electron chi connectivity index (χ1n) is 24.2. The molecule has 2 aromatic heterocycles. The van der Waals surface area contributed by atoms with Crippen molar-refractivity contribution in [1.82, 2.24) is 9.38 Å². The Morgan fingerprint density at radius 3 is 1.25 bits per heavy atom. The van der Waals surface area contributed by atoms with Gasteiger partial charge in [0.1, 0.15) is 51.6 Å². The zero-order valence-electron chi connectivity index (χ0n) is 42.5. The Kier molecular flexibility index (Phi) is 11.1. The second-order valence-corrected chi connectivity index (χ2v) is 18.6. The van der Waals surface area contributed by atoms with Gasteiger partial charge in [-0.2, -0.15) is 0 Å². The largest absolute Gasteiger partial charge is 0.497 e. The fourth-order valence-corrected chi connectivity index (χ4v) is 10.4. The Hall–Kier alpha value is -10.4. The topological polar surface area (TPSA) is 229 Å². The fraction of sp³-hybridized carbons (Fsp3) is 0.0984. The van der Waals surface area contributed by atoms with E-state index in [1.165, 1.54) is 21.1 Å². The van der Waals surface area contributed by atoms with E-state index in [0.29, 0.717) is 99.3 Å². The molecule has 8 N–H and O–H groups in total. The average Bonchev–Trinajstić information content (AvgIpc) is 3.82. The molecule has 0 unspecified atom stereocenters. The molecule has 0 aliphatic carbocycles. The van der Waals surface area contributed by atoms with Gasteiger partial charge in [0.2, 0.25) is 0 Å². The lowest BCUT2D eigenvalue weighted by atomic mass is 9.82. The molecule has 0 fully saturated rings. The number of rotatable bonds is 14. The van der Waals surface area contributed by atoms with Crippen LogP contribution in [0, 0.1) is 0 Å². The van der Waals surface area contributed by atoms with Gasteiger partial charge in [-0.1, -0.05) is 24.3 Å². The molecule has 10 aromatic carbocycles. The second-order valence-electron chi connectivity index (χ2n) is 18.6. The number of anilines is 4. The van der Waals surface area contributed by atoms with Crippen molar-refractivity contribution in [1.29, 1.82) is 0 Å². The Balaban J connectivity index is 1.38. The van der Waals surface area contributed by atoms with E-state index in [1.54, 1.807) is 104 Å². The number of ketones is 1. The summed E-state index contributed by atoms with van der Waals surface area (Å²) in [6.45, 7) is 7.77. The lowest BCUT2D eigenvalue weighted by Crippen LogP contribution is -2.14. The Morgan fingerprint density at radius 1 is 0.455 bits per heavy atom. The number of carbonyl (C=O) groups is 1. The fourth-order valence-electron chi connectivity index (χ4n) is 10.4. The molecule has 12 aromatic rings. The van der Waals surface area contributed by atoms with Gasteiger partial charge in [-0.05, 0) is 104 Å². The van der Waals surface area contributed by atoms with Crippen molar-refractivity contribution in [3.05, 3.63) is 149 Å². The minimum Gasteiger partial charge on any atom is -0.497 e. The number of fused-ring (bicyclic) bond motifs is 6. The summed E-state index contributed by atoms with van der Waals surface area (Å²) in [7, 11) is 6.16. The average molecular weight is 1030 g/mol. The van der Waals surface area contributed by atoms with Gasteiger partial charge in [0.05, 0.1) is 67.6 Å². The third kappa shape index (κ3) is 7.47. The summed E-state index contributed by atoms with van der Waals surface area (Å²) >= 11 is 0. The number of allylic oxidation sites excluding steroid dienone is 1. The summed E-state index contributed by atoms with van der Waals surface area (Å²) in [5.41, 5.74) is 30.7. The molecule has 0 saturated heterocycles. The summed E-state index contributed by atoms with van der Waals surface area (Å²) in [6, 6.07) is 34.7. The molecule has 382 valence electrons. The number of ether oxygens (including phenoxy) is 8. The predicted molar refractivity (Wildman–Crippen MR) is 304 cm³/mol. The van der Waals surface area contributed by atoms with Gasteiger partial charge in [0.25, 0.3) is 5.56 Å². The van der Waals surface area contributed by atoms with Crippen molar-refractivity contribution in [2.45, 2.75) is 13.8 Å². The molecule has 0 saturated carbocycles. The smallest absolute Gasteiger partial charge is 0.264 e. The van der Waals surface area contributed by atoms with Gasteiger partial charge in [0.15, 0.2) is 28.8 Å². The maximum absolute atomic E-state index is 15.6. The van der Waals surface area contributed by atoms with Crippen LogP contribution in [0.15, 0.2) is 133 Å². The SMILES string of the molecule is C=C(C)c1cc(Oc2ccc(OC)cc2N)c2c3c(Oc4ccc(OC)cc4N)cc4c(=O)n5c6ccccc6nc5c5cc(Oc6ccc(OC)cc6N)c(c6c(Oc7ccc(OC)cc7N)cc(C(C)=O)c1c26)c3c45. The van der Waals surface area contributed by atoms with E-state index in [-0.39, 0.29) is 91.0 Å². The number of nitrogen functional groups attached to an aromatic ring is 4. The molecule has 16 heteroatoms. The lowest BCUT2D eigenvalue weighted by molar-refractivity contribution is 0.101. The number of para-hydroxylation sites is 2. The number of hydrogen-bond donors (Lipinski definition) is 4. The number of methoxy groups -OCH3 is 4. The number of carbonyl (C=O) groups excluding carboxylic acids is 1. The molecule has 0 radical (unpaired) electrons. The molecule has 0 atom stereocenters. The van der Waals surface area contributed by atoms with Gasteiger partial charge < -0.3 is 60.8 Å². The Morgan fingerprint density at radius 2 is 0.844 bits per heavy atom. The minimum atomic E-state index is -0.384. The van der Waals surface area contributed by atoms with Crippen LogP contribution in [0.2, 0.25) is 0 Å². The summed E-state index contributed by atoms with van der Waals surface area (Å²) in [6.07, 6.45) is 0. The zero-order valence-corrected chi connectivity index (χ0v) is 42.5. The maximum atomic E-state index is 15.6. The molecular weight excluding hydrogens is 977 g/mol. The number of nitrogens with two attached hydrogens (primary N) is 4. The molecule has 2 heterocycles. The van der Waals surface area contributed by atoms with E-state index >= 15 is 4.79 Å². The highest BCUT2D eigenvalue weighted by atomic mass is 16.5. The summed E-state index contributed by atoms with van der Waals surface area (Å²) in [5, 5.41) is 4.41. The van der Waals surface area contributed by atoms with E-state index in [2.05, 4.69) is 6.58 Å². The highest BCUT2D eigenvalue weighted by Gasteiger charge is 2.33. The Bertz CT molecular complexity index is 4420. The van der Waals surface area contributed by atoms with E-state index in [0.717, 1.165) is 0 Å². The molecule has 0 amide bonds. The predicted octanol–water partition coefficient (Wildman–Crippen LogP) is 13.3. The van der Waals surface area contributed by atoms with Crippen LogP contribution < -0.4 is 66.4 Å². The highest BCUT2D eigenvalue weighted by molar-refractivity contribution is 6.43. The first-order valence-corrected chi connectivity index (χ1v) is 24.2. The van der Waals surface area contributed by atoms with Crippen molar-refractivity contribution in [2.24, 2.45) is 0 Å². The van der Waals surface area contributed by atoms with Crippen molar-refractivity contribution in [3.63, 3.8) is 0 Å². The number of Topliss-reactive ketones (excluding diaryl/α,β-unsaturated/α-hetero) is 1. The first-order chi connectivity index (χ1) is 37.2. The van der Waals surface area contributed by atoms with Crippen LogP contribution in [0.4, 0.5) is 22.7 Å². The van der Waals surface area contributed by atoms with Gasteiger partial charge >= 0.3 is 0 Å². The molecular formula is C61H48N6O10. The van der Waals surface area contributed by atoms with E-state index in [4.69, 9.17) is 65.8 Å². The van der Waals surface area contributed by atoms with Crippen molar-refractivity contribution < 1.29 is 42.7 Å². The highest BCUT2D eigenvalue weighted by Crippen LogP contribution is 2.58. The van der Waals surface area contributed by atoms with Crippen LogP contribution in [-0.2, 0) is 0 Å². The summed E-state index contributed by atoms with van der Waals surface area (Å²) in [4.78, 5) is 35.2. The molecule has 77 heavy (non-hydrogen) atoms. The minimum absolute atomic E-state index is 0.177. The monoisotopic (exact) mass is 1020 g/mol. The molecule has 0 aliphatic heterocycles. The van der Waals surface area contributed by atoms with Gasteiger partial charge in [-0.25, -0.2) is 4.98 Å². The van der Waals surface area contributed by atoms with Gasteiger partial charge in [-0.3, -0.25) is 14.0 Å². The van der Waals surface area contributed by atoms with Crippen LogP contribution in [0.5, 0.6) is 69.0 Å². The number of pyridine rings is 1. The molecule has 16 nitrogen and oxygen atoms in total. The Labute approximate surface area is 438 Å². The number of nitrogens with zero attached hydrogens (tertiary/aromatic N) is 2. The van der Waals surface area contributed by atoms with E-state index < -0.39 is 0 Å². The zero-order chi connectivity index (χ0) is 53.7. The molecule has 0 aliphatic rings. The van der Waals surface area contributed by atoms with Crippen LogP contribution in [0.1, 0.15) is 29.8 Å². The number of benzene rings is 10. The summed E-state index contributed by atoms with van der Waals surface area (Å²) < 4.78 is 52.1. The van der Waals surface area contributed by atoms with Crippen LogP contribution in [-0.4, -0.2) is 43.6 Å². The number of hydrogen-bond acceptors (Lipinski definition) is 15. The van der Waals surface area contributed by atoms with Crippen molar-refractivity contribution in [3.8, 4) is 69.0 Å². The van der Waals surface area contributed by atoms with Crippen LogP contribution >= 0.6 is 0 Å². The van der Waals surface area contributed by atoms with Crippen molar-refractivity contribution >= 4 is 105 Å². The molecule has 0 bridgehead atoms. The van der Waals surface area contributed by atoms with Crippen molar-refractivity contribution in [2.75, 3.05) is 51.4 Å². The number of imidazole rings is 1. The normalized spacial score (nSPS) is 11.6. The molecule has 0 spiro atoms.